The highest BCUT2D eigenvalue weighted by molar-refractivity contribution is 4.91. The fourth-order valence-electron chi connectivity index (χ4n) is 5.37. The monoisotopic (exact) mass is 294 g/mol. The SMILES string of the molecule is C1CC[NH+](C[C@H]2CO[C@@]3(CC[C@@H]4CCCC[C@@H]4C3)O2)CC1. The van der Waals surface area contributed by atoms with E-state index >= 15 is 0 Å². The fraction of sp³-hybridized carbons (Fsp3) is 1.00. The molecule has 120 valence electrons. The molecule has 2 heterocycles. The molecule has 0 aromatic rings. The molecule has 21 heavy (non-hydrogen) atoms. The van der Waals surface area contributed by atoms with Gasteiger partial charge in [-0.05, 0) is 43.9 Å². The van der Waals surface area contributed by atoms with E-state index in [0.29, 0.717) is 6.10 Å². The first-order valence-electron chi connectivity index (χ1n) is 9.48. The van der Waals surface area contributed by atoms with Gasteiger partial charge in [0.05, 0.1) is 19.7 Å². The summed E-state index contributed by atoms with van der Waals surface area (Å²) in [6.07, 6.45) is 14.0. The van der Waals surface area contributed by atoms with Crippen LogP contribution in [-0.2, 0) is 9.47 Å². The Labute approximate surface area is 129 Å². The van der Waals surface area contributed by atoms with Gasteiger partial charge >= 0.3 is 0 Å². The van der Waals surface area contributed by atoms with E-state index in [-0.39, 0.29) is 5.79 Å². The van der Waals surface area contributed by atoms with Gasteiger partial charge in [0, 0.05) is 12.8 Å². The molecule has 4 aliphatic rings. The van der Waals surface area contributed by atoms with E-state index in [1.165, 1.54) is 77.4 Å². The predicted molar refractivity (Wildman–Crippen MR) is 82.3 cm³/mol. The second kappa shape index (κ2) is 6.17. The summed E-state index contributed by atoms with van der Waals surface area (Å²) in [5.74, 6) is 1.68. The van der Waals surface area contributed by atoms with Crippen LogP contribution in [0.2, 0.25) is 0 Å². The molecule has 4 rings (SSSR count). The zero-order valence-electron chi connectivity index (χ0n) is 13.4. The number of ether oxygens (including phenoxy) is 2. The van der Waals surface area contributed by atoms with Crippen LogP contribution in [0.25, 0.3) is 0 Å². The third kappa shape index (κ3) is 3.16. The van der Waals surface area contributed by atoms with Crippen molar-refractivity contribution in [3.8, 4) is 0 Å². The van der Waals surface area contributed by atoms with Crippen LogP contribution in [0.5, 0.6) is 0 Å². The molecule has 3 heteroatoms. The summed E-state index contributed by atoms with van der Waals surface area (Å²) in [6, 6.07) is 0. The maximum Gasteiger partial charge on any atom is 0.169 e. The number of quaternary nitrogens is 1. The first-order valence-corrected chi connectivity index (χ1v) is 9.48. The zero-order chi connectivity index (χ0) is 14.1. The van der Waals surface area contributed by atoms with E-state index < -0.39 is 0 Å². The highest BCUT2D eigenvalue weighted by Crippen LogP contribution is 2.48. The van der Waals surface area contributed by atoms with Crippen LogP contribution in [0.1, 0.15) is 64.2 Å². The average molecular weight is 294 g/mol. The highest BCUT2D eigenvalue weighted by Gasteiger charge is 2.48. The summed E-state index contributed by atoms with van der Waals surface area (Å²) in [5.41, 5.74) is 0. The van der Waals surface area contributed by atoms with Crippen molar-refractivity contribution in [1.29, 1.82) is 0 Å². The lowest BCUT2D eigenvalue weighted by Gasteiger charge is -2.43. The van der Waals surface area contributed by atoms with Crippen molar-refractivity contribution < 1.29 is 14.4 Å². The summed E-state index contributed by atoms with van der Waals surface area (Å²) in [5, 5.41) is 0. The molecule has 2 saturated carbocycles. The lowest BCUT2D eigenvalue weighted by molar-refractivity contribution is -0.907. The van der Waals surface area contributed by atoms with Gasteiger partial charge in [0.2, 0.25) is 0 Å². The van der Waals surface area contributed by atoms with Crippen molar-refractivity contribution in [3.63, 3.8) is 0 Å². The number of fused-ring (bicyclic) bond motifs is 1. The van der Waals surface area contributed by atoms with Crippen LogP contribution in [0, 0.1) is 11.8 Å². The Kier molecular flexibility index (Phi) is 4.25. The smallest absolute Gasteiger partial charge is 0.169 e. The van der Waals surface area contributed by atoms with Crippen LogP contribution in [0.4, 0.5) is 0 Å². The van der Waals surface area contributed by atoms with Crippen molar-refractivity contribution in [1.82, 2.24) is 0 Å². The van der Waals surface area contributed by atoms with Crippen LogP contribution in [0.3, 0.4) is 0 Å². The average Bonchev–Trinajstić information content (AvgIpc) is 2.90. The van der Waals surface area contributed by atoms with E-state index in [1.54, 1.807) is 4.90 Å². The van der Waals surface area contributed by atoms with Crippen molar-refractivity contribution >= 4 is 0 Å². The predicted octanol–water partition coefficient (Wildman–Crippen LogP) is 2.16. The van der Waals surface area contributed by atoms with Crippen LogP contribution in [-0.4, -0.2) is 38.1 Å². The Bertz CT molecular complexity index is 355. The third-order valence-corrected chi connectivity index (χ3v) is 6.53. The largest absolute Gasteiger partial charge is 0.347 e. The fourth-order valence-corrected chi connectivity index (χ4v) is 5.37. The number of nitrogens with one attached hydrogen (secondary N) is 1. The molecule has 0 unspecified atom stereocenters. The van der Waals surface area contributed by atoms with Gasteiger partial charge in [0.15, 0.2) is 5.79 Å². The Morgan fingerprint density at radius 2 is 1.71 bits per heavy atom. The van der Waals surface area contributed by atoms with E-state index in [4.69, 9.17) is 9.47 Å². The van der Waals surface area contributed by atoms with E-state index in [2.05, 4.69) is 0 Å². The molecule has 1 spiro atoms. The van der Waals surface area contributed by atoms with Gasteiger partial charge in [-0.25, -0.2) is 0 Å². The minimum Gasteiger partial charge on any atom is -0.347 e. The molecular formula is C18H32NO2+. The lowest BCUT2D eigenvalue weighted by Crippen LogP contribution is -3.13. The summed E-state index contributed by atoms with van der Waals surface area (Å²) >= 11 is 0. The maximum atomic E-state index is 6.50. The molecule has 0 bridgehead atoms. The van der Waals surface area contributed by atoms with Gasteiger partial charge in [-0.2, -0.15) is 0 Å². The molecule has 2 aliphatic carbocycles. The molecular weight excluding hydrogens is 262 g/mol. The van der Waals surface area contributed by atoms with Crippen molar-refractivity contribution in [2.75, 3.05) is 26.2 Å². The molecule has 2 aliphatic heterocycles. The number of likely N-dealkylation sites (tertiary alicyclic amines) is 1. The van der Waals surface area contributed by atoms with E-state index in [9.17, 15) is 0 Å². The van der Waals surface area contributed by atoms with Gasteiger partial charge < -0.3 is 14.4 Å². The standard InChI is InChI=1S/C18H31NO2/c1-4-10-19(11-5-1)13-17-14-20-18(21-17)9-8-15-6-2-3-7-16(15)12-18/h15-17H,1-14H2/p+1/t15-,16+,17-,18-/m0/s1. The Hall–Kier alpha value is -0.120. The van der Waals surface area contributed by atoms with Gasteiger partial charge in [-0.1, -0.05) is 19.3 Å². The lowest BCUT2D eigenvalue weighted by atomic mass is 9.69. The maximum absolute atomic E-state index is 6.50. The molecule has 0 aromatic carbocycles. The van der Waals surface area contributed by atoms with Crippen molar-refractivity contribution in [2.24, 2.45) is 11.8 Å². The third-order valence-electron chi connectivity index (χ3n) is 6.53. The van der Waals surface area contributed by atoms with Crippen molar-refractivity contribution in [2.45, 2.75) is 76.1 Å². The number of hydrogen-bond acceptors (Lipinski definition) is 2. The minimum absolute atomic E-state index is 0.182. The van der Waals surface area contributed by atoms with Crippen molar-refractivity contribution in [3.05, 3.63) is 0 Å². The quantitative estimate of drug-likeness (QED) is 0.843. The van der Waals surface area contributed by atoms with Gasteiger partial charge in [-0.3, -0.25) is 0 Å². The number of rotatable bonds is 2. The first-order chi connectivity index (χ1) is 10.3. The second-order valence-corrected chi connectivity index (χ2v) is 8.02. The molecule has 1 N–H and O–H groups in total. The van der Waals surface area contributed by atoms with Crippen LogP contribution >= 0.6 is 0 Å². The Morgan fingerprint density at radius 3 is 2.57 bits per heavy atom. The Balaban J connectivity index is 1.32. The first kappa shape index (κ1) is 14.5. The molecule has 2 saturated heterocycles. The number of piperidine rings is 1. The summed E-state index contributed by atoms with van der Waals surface area (Å²) in [7, 11) is 0. The molecule has 3 nitrogen and oxygen atoms in total. The van der Waals surface area contributed by atoms with E-state index in [0.717, 1.165) is 24.9 Å². The van der Waals surface area contributed by atoms with E-state index in [1.807, 2.05) is 0 Å². The number of hydrogen-bond donors (Lipinski definition) is 1. The topological polar surface area (TPSA) is 22.9 Å². The Morgan fingerprint density at radius 1 is 0.905 bits per heavy atom. The van der Waals surface area contributed by atoms with Crippen LogP contribution in [0.15, 0.2) is 0 Å². The normalized spacial score (nSPS) is 44.9. The summed E-state index contributed by atoms with van der Waals surface area (Å²) in [4.78, 5) is 1.75. The second-order valence-electron chi connectivity index (χ2n) is 8.02. The van der Waals surface area contributed by atoms with Gasteiger partial charge in [0.1, 0.15) is 12.6 Å². The van der Waals surface area contributed by atoms with Crippen LogP contribution < -0.4 is 4.90 Å². The van der Waals surface area contributed by atoms with Gasteiger partial charge in [-0.15, -0.1) is 0 Å². The molecule has 0 radical (unpaired) electrons. The summed E-state index contributed by atoms with van der Waals surface area (Å²) in [6.45, 7) is 4.71. The molecule has 0 aromatic heterocycles. The minimum atomic E-state index is -0.182. The molecule has 4 atom stereocenters. The molecule has 0 amide bonds. The zero-order valence-corrected chi connectivity index (χ0v) is 13.4. The van der Waals surface area contributed by atoms with Gasteiger partial charge in [0.25, 0.3) is 0 Å². The summed E-state index contributed by atoms with van der Waals surface area (Å²) < 4.78 is 12.7. The highest BCUT2D eigenvalue weighted by atomic mass is 16.7. The molecule has 4 fully saturated rings.